The summed E-state index contributed by atoms with van der Waals surface area (Å²) in [6, 6.07) is 14.6. The van der Waals surface area contributed by atoms with Gasteiger partial charge in [-0.15, -0.1) is 11.3 Å². The number of rotatable bonds is 2. The normalized spacial score (nSPS) is 20.7. The summed E-state index contributed by atoms with van der Waals surface area (Å²) in [7, 11) is 0. The fraction of sp³-hybridized carbons (Fsp3) is 0.150. The van der Waals surface area contributed by atoms with E-state index in [0.717, 1.165) is 32.8 Å². The number of hydrogen-bond acceptors (Lipinski definition) is 4. The number of ether oxygens (including phenoxy) is 1. The molecule has 3 nitrogen and oxygen atoms in total. The Morgan fingerprint density at radius 1 is 1.22 bits per heavy atom. The lowest BCUT2D eigenvalue weighted by molar-refractivity contribution is -0.0211. The smallest absolute Gasteiger partial charge is 0.218 e. The largest absolute Gasteiger partial charge is 0.464 e. The molecule has 1 aromatic heterocycles. The molecule has 7 heteroatoms. The number of thiophene rings is 1. The van der Waals surface area contributed by atoms with Crippen molar-refractivity contribution in [3.05, 3.63) is 85.2 Å². The van der Waals surface area contributed by atoms with Gasteiger partial charge in [-0.2, -0.15) is 5.10 Å². The first-order chi connectivity index (χ1) is 13.1. The van der Waals surface area contributed by atoms with Crippen LogP contribution in [0.5, 0.6) is 5.75 Å². The van der Waals surface area contributed by atoms with Gasteiger partial charge in [0.1, 0.15) is 11.6 Å². The fourth-order valence-corrected chi connectivity index (χ4v) is 4.94. The van der Waals surface area contributed by atoms with Crippen molar-refractivity contribution in [3.63, 3.8) is 0 Å². The van der Waals surface area contributed by atoms with Crippen molar-refractivity contribution in [2.45, 2.75) is 18.7 Å². The first-order valence-corrected chi connectivity index (χ1v) is 10.5. The molecule has 0 saturated heterocycles. The Morgan fingerprint density at radius 3 is 2.89 bits per heavy atom. The maximum atomic E-state index is 14.7. The first kappa shape index (κ1) is 17.2. The predicted molar refractivity (Wildman–Crippen MR) is 109 cm³/mol. The molecule has 0 radical (unpaired) electrons. The van der Waals surface area contributed by atoms with Gasteiger partial charge in [0.15, 0.2) is 0 Å². The van der Waals surface area contributed by atoms with Gasteiger partial charge in [0.25, 0.3) is 0 Å². The van der Waals surface area contributed by atoms with E-state index >= 15 is 0 Å². The third-order valence-electron chi connectivity index (χ3n) is 4.80. The highest BCUT2D eigenvalue weighted by Crippen LogP contribution is 2.49. The van der Waals surface area contributed by atoms with Gasteiger partial charge >= 0.3 is 0 Å². The monoisotopic (exact) mass is 462 g/mol. The standard InChI is InChI=1S/C20H13BrClFN2OS/c21-11-6-7-17-12(9-11)16-10-15(18-5-2-8-27-18)24-25(16)20(26-17)19-13(22)3-1-4-14(19)23/h1-9,16,20H,10H2/t16-,20-/m0/s1. The second kappa shape index (κ2) is 6.62. The molecule has 0 spiro atoms. The molecule has 2 atom stereocenters. The van der Waals surface area contributed by atoms with Crippen LogP contribution in [-0.4, -0.2) is 10.7 Å². The van der Waals surface area contributed by atoms with Crippen molar-refractivity contribution < 1.29 is 9.13 Å². The van der Waals surface area contributed by atoms with E-state index in [2.05, 4.69) is 22.0 Å². The summed E-state index contributed by atoms with van der Waals surface area (Å²) in [6.45, 7) is 0. The predicted octanol–water partition coefficient (Wildman–Crippen LogP) is 6.55. The van der Waals surface area contributed by atoms with Crippen molar-refractivity contribution in [3.8, 4) is 5.75 Å². The minimum atomic E-state index is -0.713. The van der Waals surface area contributed by atoms with Crippen molar-refractivity contribution in [2.24, 2.45) is 5.10 Å². The number of hydrogen-bond donors (Lipinski definition) is 0. The van der Waals surface area contributed by atoms with Crippen molar-refractivity contribution in [2.75, 3.05) is 0 Å². The second-order valence-corrected chi connectivity index (χ2v) is 8.68. The summed E-state index contributed by atoms with van der Waals surface area (Å²) < 4.78 is 21.8. The topological polar surface area (TPSA) is 24.8 Å². The molecule has 2 aliphatic heterocycles. The second-order valence-electron chi connectivity index (χ2n) is 6.41. The van der Waals surface area contributed by atoms with E-state index in [1.807, 2.05) is 34.7 Å². The zero-order valence-corrected chi connectivity index (χ0v) is 17.1. The minimum absolute atomic E-state index is 0.0379. The minimum Gasteiger partial charge on any atom is -0.464 e. The summed E-state index contributed by atoms with van der Waals surface area (Å²) in [5, 5.41) is 9.02. The zero-order chi connectivity index (χ0) is 18.5. The van der Waals surface area contributed by atoms with Crippen LogP contribution in [0.4, 0.5) is 4.39 Å². The summed E-state index contributed by atoms with van der Waals surface area (Å²) >= 11 is 11.5. The van der Waals surface area contributed by atoms with Crippen LogP contribution in [-0.2, 0) is 0 Å². The molecule has 136 valence electrons. The lowest BCUT2D eigenvalue weighted by Crippen LogP contribution is -2.34. The zero-order valence-electron chi connectivity index (χ0n) is 13.9. The number of benzene rings is 2. The maximum Gasteiger partial charge on any atom is 0.218 e. The molecule has 2 aliphatic rings. The molecular formula is C20H13BrClFN2OS. The molecule has 3 aromatic rings. The molecule has 3 heterocycles. The molecule has 27 heavy (non-hydrogen) atoms. The average molecular weight is 464 g/mol. The van der Waals surface area contributed by atoms with Crippen LogP contribution in [0.2, 0.25) is 5.02 Å². The first-order valence-electron chi connectivity index (χ1n) is 8.41. The molecule has 0 bridgehead atoms. The Morgan fingerprint density at radius 2 is 2.11 bits per heavy atom. The highest BCUT2D eigenvalue weighted by atomic mass is 79.9. The van der Waals surface area contributed by atoms with Gasteiger partial charge in [-0.25, -0.2) is 9.40 Å². The van der Waals surface area contributed by atoms with Crippen LogP contribution >= 0.6 is 38.9 Å². The lowest BCUT2D eigenvalue weighted by Gasteiger charge is -2.38. The van der Waals surface area contributed by atoms with E-state index in [9.17, 15) is 4.39 Å². The van der Waals surface area contributed by atoms with Crippen LogP contribution in [0.3, 0.4) is 0 Å². The van der Waals surface area contributed by atoms with E-state index in [-0.39, 0.29) is 6.04 Å². The Hall–Kier alpha value is -1.89. The van der Waals surface area contributed by atoms with Gasteiger partial charge in [0.05, 0.1) is 27.2 Å². The highest BCUT2D eigenvalue weighted by Gasteiger charge is 2.42. The number of hydrazone groups is 1. The molecule has 0 unspecified atom stereocenters. The van der Waals surface area contributed by atoms with Crippen LogP contribution < -0.4 is 4.74 Å². The van der Waals surface area contributed by atoms with Crippen molar-refractivity contribution in [1.29, 1.82) is 0 Å². The summed E-state index contributed by atoms with van der Waals surface area (Å²) in [4.78, 5) is 1.11. The average Bonchev–Trinajstić information content (AvgIpc) is 3.31. The molecular weight excluding hydrogens is 451 g/mol. The molecule has 0 amide bonds. The van der Waals surface area contributed by atoms with Gasteiger partial charge in [-0.05, 0) is 41.8 Å². The molecule has 0 N–H and O–H groups in total. The number of fused-ring (bicyclic) bond motifs is 3. The van der Waals surface area contributed by atoms with E-state index in [1.165, 1.54) is 6.07 Å². The van der Waals surface area contributed by atoms with Crippen LogP contribution in [0, 0.1) is 5.82 Å². The number of halogens is 3. The van der Waals surface area contributed by atoms with E-state index < -0.39 is 12.0 Å². The van der Waals surface area contributed by atoms with Gasteiger partial charge in [0, 0.05) is 16.5 Å². The number of nitrogens with zero attached hydrogens (tertiary/aromatic N) is 2. The molecule has 0 fully saturated rings. The summed E-state index contributed by atoms with van der Waals surface area (Å²) in [6.07, 6.45) is 0.0189. The summed E-state index contributed by atoms with van der Waals surface area (Å²) in [5.41, 5.74) is 2.32. The Kier molecular flexibility index (Phi) is 4.22. The van der Waals surface area contributed by atoms with Crippen LogP contribution in [0.1, 0.15) is 34.7 Å². The van der Waals surface area contributed by atoms with Crippen molar-refractivity contribution in [1.82, 2.24) is 5.01 Å². The molecule has 5 rings (SSSR count). The molecule has 2 aromatic carbocycles. The fourth-order valence-electron chi connectivity index (χ4n) is 3.59. The molecule has 0 aliphatic carbocycles. The van der Waals surface area contributed by atoms with E-state index in [1.54, 1.807) is 23.5 Å². The quantitative estimate of drug-likeness (QED) is 0.431. The Bertz CT molecular complexity index is 1040. The Labute approximate surface area is 173 Å². The SMILES string of the molecule is Fc1cccc(Cl)c1[C@@H]1Oc2ccc(Br)cc2[C@@H]2CC(c3cccs3)=NN21. The van der Waals surface area contributed by atoms with Gasteiger partial charge in [-0.1, -0.05) is 39.7 Å². The van der Waals surface area contributed by atoms with Gasteiger partial charge in [-0.3, -0.25) is 0 Å². The maximum absolute atomic E-state index is 14.7. The van der Waals surface area contributed by atoms with Crippen LogP contribution in [0.15, 0.2) is 63.5 Å². The van der Waals surface area contributed by atoms with Crippen LogP contribution in [0.25, 0.3) is 0 Å². The van der Waals surface area contributed by atoms with E-state index in [0.29, 0.717) is 10.6 Å². The van der Waals surface area contributed by atoms with Gasteiger partial charge < -0.3 is 4.74 Å². The lowest BCUT2D eigenvalue weighted by atomic mass is 9.97. The third-order valence-corrected chi connectivity index (χ3v) is 6.55. The van der Waals surface area contributed by atoms with Crippen molar-refractivity contribution >= 4 is 44.6 Å². The highest BCUT2D eigenvalue weighted by molar-refractivity contribution is 9.10. The Balaban J connectivity index is 1.66. The summed E-state index contributed by atoms with van der Waals surface area (Å²) in [5.74, 6) is 0.331. The van der Waals surface area contributed by atoms with E-state index in [4.69, 9.17) is 21.4 Å². The molecule has 0 saturated carbocycles. The third kappa shape index (κ3) is 2.87. The van der Waals surface area contributed by atoms with Gasteiger partial charge in [0.2, 0.25) is 6.23 Å².